The van der Waals surface area contributed by atoms with E-state index >= 15 is 0 Å². The van der Waals surface area contributed by atoms with Gasteiger partial charge in [0, 0.05) is 4.90 Å². The molecule has 8 nitrogen and oxygen atoms in total. The maximum Gasteiger partial charge on any atom is 0.419 e. The van der Waals surface area contributed by atoms with Crippen LogP contribution in [0.25, 0.3) is 0 Å². The maximum atomic E-state index is 14.3. The van der Waals surface area contributed by atoms with Gasteiger partial charge in [-0.2, -0.15) is 23.3 Å². The highest BCUT2D eigenvalue weighted by Gasteiger charge is 2.47. The summed E-state index contributed by atoms with van der Waals surface area (Å²) in [6, 6.07) is 5.52. The third kappa shape index (κ3) is 3.92. The number of halogens is 4. The van der Waals surface area contributed by atoms with Gasteiger partial charge in [0.2, 0.25) is 0 Å². The summed E-state index contributed by atoms with van der Waals surface area (Å²) >= 11 is -1.67. The lowest BCUT2D eigenvalue weighted by Crippen LogP contribution is -2.38. The third-order valence-electron chi connectivity index (χ3n) is 4.59. The number of amides is 2. The molecular weight excluding hydrogens is 442 g/mol. The minimum absolute atomic E-state index is 0.230. The lowest BCUT2D eigenvalue weighted by molar-refractivity contribution is -0.138. The number of nitriles is 1. The Labute approximate surface area is 175 Å². The van der Waals surface area contributed by atoms with Crippen LogP contribution in [-0.2, 0) is 11.0 Å². The van der Waals surface area contributed by atoms with E-state index in [1.54, 1.807) is 13.8 Å². The van der Waals surface area contributed by atoms with Crippen LogP contribution in [0.1, 0.15) is 35.5 Å². The molecule has 13 heteroatoms. The first-order valence-electron chi connectivity index (χ1n) is 8.54. The number of nitrogens with zero attached hydrogens (tertiary/aromatic N) is 3. The molecule has 1 aliphatic rings. The van der Waals surface area contributed by atoms with E-state index < -0.39 is 56.5 Å². The summed E-state index contributed by atoms with van der Waals surface area (Å²) in [7, 11) is 0. The molecule has 1 saturated heterocycles. The average molecular weight is 457 g/mol. The molecule has 1 fully saturated rings. The topological polar surface area (TPSA) is 118 Å². The van der Waals surface area contributed by atoms with Crippen molar-refractivity contribution < 1.29 is 32.4 Å². The molecule has 31 heavy (non-hydrogen) atoms. The van der Waals surface area contributed by atoms with Gasteiger partial charge in [-0.3, -0.25) is 14.8 Å². The number of anilines is 1. The highest BCUT2D eigenvalue weighted by atomic mass is 32.2. The molecule has 0 bridgehead atoms. The van der Waals surface area contributed by atoms with E-state index in [9.17, 15) is 27.2 Å². The SMILES string of the molecule is CC1(C)C(=O)N(c2cnc(C#N)c(C(F)(F)F)c2)N[SH]1c1ccc(C(=O)NO)c(F)c1. The molecular formula is C18H15F4N5O3S. The van der Waals surface area contributed by atoms with Crippen LogP contribution < -0.4 is 15.3 Å². The van der Waals surface area contributed by atoms with Crippen LogP contribution in [-0.4, -0.2) is 26.8 Å². The zero-order valence-corrected chi connectivity index (χ0v) is 16.8. The highest BCUT2D eigenvalue weighted by molar-refractivity contribution is 8.17. The van der Waals surface area contributed by atoms with Crippen LogP contribution >= 0.6 is 11.1 Å². The van der Waals surface area contributed by atoms with Crippen molar-refractivity contribution in [3.05, 3.63) is 53.1 Å². The van der Waals surface area contributed by atoms with E-state index in [1.165, 1.54) is 17.6 Å². The molecule has 2 amide bonds. The number of benzene rings is 1. The van der Waals surface area contributed by atoms with Gasteiger partial charge in [0.25, 0.3) is 11.8 Å². The molecule has 2 heterocycles. The van der Waals surface area contributed by atoms with Crippen molar-refractivity contribution in [1.29, 1.82) is 5.26 Å². The van der Waals surface area contributed by atoms with Crippen LogP contribution in [0.2, 0.25) is 0 Å². The monoisotopic (exact) mass is 457 g/mol. The molecule has 1 aliphatic heterocycles. The van der Waals surface area contributed by atoms with Crippen molar-refractivity contribution in [3.63, 3.8) is 0 Å². The number of aromatic nitrogens is 1. The lowest BCUT2D eigenvalue weighted by Gasteiger charge is -2.27. The van der Waals surface area contributed by atoms with Crippen LogP contribution in [0.3, 0.4) is 0 Å². The van der Waals surface area contributed by atoms with Gasteiger partial charge in [0.1, 0.15) is 11.9 Å². The fraction of sp³-hybridized carbons (Fsp3) is 0.222. The van der Waals surface area contributed by atoms with E-state index in [0.717, 1.165) is 23.3 Å². The zero-order chi connectivity index (χ0) is 23.1. The Hall–Kier alpha value is -3.21. The minimum Gasteiger partial charge on any atom is -0.288 e. The first kappa shape index (κ1) is 22.5. The molecule has 164 valence electrons. The standard InChI is InChI=1S/C18H15F4N5O3S/c1-17(2)16(29)27(9-5-12(18(20,21)22)14(7-23)24-8-9)26-31(17)10-3-4-11(13(19)6-10)15(28)25-30/h3-6,8,26,30-31H,1-2H3,(H,25,28). The molecule has 1 aromatic heterocycles. The minimum atomic E-state index is -4.86. The molecule has 0 saturated carbocycles. The average Bonchev–Trinajstić information content (AvgIpc) is 2.95. The molecule has 2 aromatic rings. The number of alkyl halides is 3. The number of hydrogen-bond donors (Lipinski definition) is 4. The molecule has 0 spiro atoms. The smallest absolute Gasteiger partial charge is 0.288 e. The Balaban J connectivity index is 2.01. The van der Waals surface area contributed by atoms with Crippen molar-refractivity contribution in [2.45, 2.75) is 29.7 Å². The quantitative estimate of drug-likeness (QED) is 0.244. The Morgan fingerprint density at radius 3 is 2.58 bits per heavy atom. The summed E-state index contributed by atoms with van der Waals surface area (Å²) < 4.78 is 53.0. The van der Waals surface area contributed by atoms with E-state index in [0.29, 0.717) is 11.0 Å². The molecule has 1 unspecified atom stereocenters. The second-order valence-electron chi connectivity index (χ2n) is 6.94. The Bertz CT molecular complexity index is 1120. The summed E-state index contributed by atoms with van der Waals surface area (Å²) in [5, 5.41) is 18.4. The first-order valence-corrected chi connectivity index (χ1v) is 9.88. The van der Waals surface area contributed by atoms with Crippen molar-refractivity contribution in [2.75, 3.05) is 5.01 Å². The number of carbonyl (C=O) groups is 2. The molecule has 3 rings (SSSR count). The Kier molecular flexibility index (Phi) is 5.66. The molecule has 0 radical (unpaired) electrons. The van der Waals surface area contributed by atoms with Crippen LogP contribution in [0, 0.1) is 17.1 Å². The summed E-state index contributed by atoms with van der Waals surface area (Å²) in [4.78, 5) is 31.0. The molecule has 0 aliphatic carbocycles. The second kappa shape index (κ2) is 7.80. The number of pyridine rings is 1. The number of hydrazine groups is 1. The first-order chi connectivity index (χ1) is 14.4. The number of nitrogens with one attached hydrogen (secondary N) is 2. The van der Waals surface area contributed by atoms with Crippen LogP contribution in [0.5, 0.6) is 0 Å². The summed E-state index contributed by atoms with van der Waals surface area (Å²) in [5.41, 5.74) is -1.46. The van der Waals surface area contributed by atoms with Gasteiger partial charge >= 0.3 is 6.18 Å². The number of hydrogen-bond acceptors (Lipinski definition) is 6. The predicted octanol–water partition coefficient (Wildman–Crippen LogP) is 2.84. The molecule has 3 N–H and O–H groups in total. The van der Waals surface area contributed by atoms with Gasteiger partial charge in [0.05, 0.1) is 27.8 Å². The van der Waals surface area contributed by atoms with Crippen molar-refractivity contribution >= 4 is 28.6 Å². The normalized spacial score (nSPS) is 19.2. The van der Waals surface area contributed by atoms with Gasteiger partial charge in [-0.05, 0) is 38.1 Å². The van der Waals surface area contributed by atoms with Gasteiger partial charge < -0.3 is 0 Å². The van der Waals surface area contributed by atoms with Crippen LogP contribution in [0.4, 0.5) is 23.2 Å². The van der Waals surface area contributed by atoms with Crippen molar-refractivity contribution in [3.8, 4) is 6.07 Å². The summed E-state index contributed by atoms with van der Waals surface area (Å²) in [6.45, 7) is 3.09. The van der Waals surface area contributed by atoms with Crippen molar-refractivity contribution in [2.24, 2.45) is 0 Å². The number of thiol groups is 1. The zero-order valence-electron chi connectivity index (χ0n) is 16.0. The molecule has 1 aromatic carbocycles. The summed E-state index contributed by atoms with van der Waals surface area (Å²) in [6.07, 6.45) is -3.90. The number of rotatable bonds is 3. The highest BCUT2D eigenvalue weighted by Crippen LogP contribution is 2.51. The maximum absolute atomic E-state index is 14.3. The van der Waals surface area contributed by atoms with Gasteiger partial charge in [-0.25, -0.2) is 19.9 Å². The predicted molar refractivity (Wildman–Crippen MR) is 102 cm³/mol. The van der Waals surface area contributed by atoms with Gasteiger partial charge in [-0.15, -0.1) is 11.1 Å². The van der Waals surface area contributed by atoms with E-state index in [1.807, 2.05) is 0 Å². The Morgan fingerprint density at radius 2 is 2.03 bits per heavy atom. The second-order valence-corrected chi connectivity index (χ2v) is 9.44. The van der Waals surface area contributed by atoms with E-state index in [4.69, 9.17) is 10.5 Å². The number of hydroxylamine groups is 1. The fourth-order valence-electron chi connectivity index (χ4n) is 2.96. The summed E-state index contributed by atoms with van der Waals surface area (Å²) in [5.74, 6) is -2.60. The largest absolute Gasteiger partial charge is 0.419 e. The van der Waals surface area contributed by atoms with Crippen molar-refractivity contribution in [1.82, 2.24) is 15.3 Å². The van der Waals surface area contributed by atoms with Gasteiger partial charge in [-0.1, -0.05) is 0 Å². The van der Waals surface area contributed by atoms with E-state index in [-0.39, 0.29) is 5.69 Å². The fourth-order valence-corrected chi connectivity index (χ4v) is 5.14. The molecule has 1 atom stereocenters. The lowest BCUT2D eigenvalue weighted by atomic mass is 10.1. The third-order valence-corrected chi connectivity index (χ3v) is 7.09. The van der Waals surface area contributed by atoms with Gasteiger partial charge in [0.15, 0.2) is 5.69 Å². The number of carbonyl (C=O) groups excluding carboxylic acids is 2. The van der Waals surface area contributed by atoms with E-state index in [2.05, 4.69) is 9.82 Å². The Morgan fingerprint density at radius 1 is 1.35 bits per heavy atom. The van der Waals surface area contributed by atoms with Crippen LogP contribution in [0.15, 0.2) is 35.4 Å².